The van der Waals surface area contributed by atoms with Gasteiger partial charge in [-0.2, -0.15) is 0 Å². The number of thioether (sulfide) groups is 1. The Bertz CT molecular complexity index is 512. The van der Waals surface area contributed by atoms with Crippen molar-refractivity contribution in [3.8, 4) is 0 Å². The molecule has 0 saturated carbocycles. The van der Waals surface area contributed by atoms with Crippen LogP contribution >= 0.6 is 23.1 Å². The summed E-state index contributed by atoms with van der Waals surface area (Å²) in [6.45, 7) is 6.34. The first-order valence-corrected chi connectivity index (χ1v) is 7.29. The second-order valence-corrected chi connectivity index (χ2v) is 6.36. The molecule has 4 heteroatoms. The molecule has 0 spiro atoms. The van der Waals surface area contributed by atoms with E-state index >= 15 is 0 Å². The summed E-state index contributed by atoms with van der Waals surface area (Å²) >= 11 is 3.40. The van der Waals surface area contributed by atoms with Crippen LogP contribution in [0.2, 0.25) is 0 Å². The van der Waals surface area contributed by atoms with E-state index in [1.807, 2.05) is 18.7 Å². The van der Waals surface area contributed by atoms with Crippen LogP contribution in [0.3, 0.4) is 0 Å². The number of benzene rings is 1. The van der Waals surface area contributed by atoms with Crippen molar-refractivity contribution < 1.29 is 0 Å². The molecule has 0 aliphatic rings. The van der Waals surface area contributed by atoms with Crippen molar-refractivity contribution in [3.63, 3.8) is 0 Å². The number of hydrogen-bond donors (Lipinski definition) is 1. The monoisotopic (exact) mass is 264 g/mol. The second kappa shape index (κ2) is 5.10. The predicted octanol–water partition coefficient (Wildman–Crippen LogP) is 3.94. The zero-order valence-corrected chi connectivity index (χ0v) is 11.9. The summed E-state index contributed by atoms with van der Waals surface area (Å²) in [5.41, 5.74) is 10.9. The lowest BCUT2D eigenvalue weighted by atomic mass is 10.1. The number of nitrogens with zero attached hydrogens (tertiary/aromatic N) is 1. The van der Waals surface area contributed by atoms with Crippen molar-refractivity contribution >= 4 is 28.2 Å². The topological polar surface area (TPSA) is 38.9 Å². The molecule has 2 nitrogen and oxygen atoms in total. The van der Waals surface area contributed by atoms with Crippen molar-refractivity contribution in [2.75, 3.05) is 5.73 Å². The lowest BCUT2D eigenvalue weighted by Gasteiger charge is -2.08. The van der Waals surface area contributed by atoms with Gasteiger partial charge < -0.3 is 5.73 Å². The third-order valence-electron chi connectivity index (χ3n) is 2.76. The van der Waals surface area contributed by atoms with Crippen LogP contribution in [0.4, 0.5) is 5.13 Å². The zero-order chi connectivity index (χ0) is 12.4. The number of aromatic nitrogens is 1. The molecule has 2 aromatic rings. The summed E-state index contributed by atoms with van der Waals surface area (Å²) in [7, 11) is 0. The highest BCUT2D eigenvalue weighted by molar-refractivity contribution is 8.00. The van der Waals surface area contributed by atoms with Crippen LogP contribution in [0.15, 0.2) is 22.4 Å². The van der Waals surface area contributed by atoms with Gasteiger partial charge in [-0.3, -0.25) is 0 Å². The second-order valence-electron chi connectivity index (χ2n) is 4.08. The van der Waals surface area contributed by atoms with Gasteiger partial charge in [0, 0.05) is 5.75 Å². The van der Waals surface area contributed by atoms with Crippen LogP contribution < -0.4 is 5.73 Å². The van der Waals surface area contributed by atoms with Crippen LogP contribution in [0.1, 0.15) is 22.4 Å². The highest BCUT2D eigenvalue weighted by Gasteiger charge is 2.08. The smallest absolute Gasteiger partial charge is 0.181 e. The van der Waals surface area contributed by atoms with Gasteiger partial charge >= 0.3 is 0 Å². The lowest BCUT2D eigenvalue weighted by molar-refractivity contribution is 1.20. The molecule has 0 radical (unpaired) electrons. The quantitative estimate of drug-likeness (QED) is 0.853. The van der Waals surface area contributed by atoms with Gasteiger partial charge in [-0.25, -0.2) is 4.98 Å². The Kier molecular flexibility index (Phi) is 3.74. The van der Waals surface area contributed by atoms with Gasteiger partial charge in [-0.15, -0.1) is 11.8 Å². The molecule has 1 aromatic carbocycles. The fraction of sp³-hybridized carbons (Fsp3) is 0.308. The Balaban J connectivity index is 2.15. The molecule has 0 fully saturated rings. The predicted molar refractivity (Wildman–Crippen MR) is 76.7 cm³/mol. The largest absolute Gasteiger partial charge is 0.375 e. The van der Waals surface area contributed by atoms with E-state index in [1.54, 1.807) is 11.3 Å². The number of aryl methyl sites for hydroxylation is 3. The van der Waals surface area contributed by atoms with E-state index in [-0.39, 0.29) is 0 Å². The molecule has 0 aliphatic carbocycles. The summed E-state index contributed by atoms with van der Waals surface area (Å²) < 4.78 is 1.23. The minimum Gasteiger partial charge on any atom is -0.375 e. The van der Waals surface area contributed by atoms with Crippen molar-refractivity contribution in [1.29, 1.82) is 0 Å². The van der Waals surface area contributed by atoms with E-state index in [0.717, 1.165) is 11.4 Å². The van der Waals surface area contributed by atoms with E-state index in [0.29, 0.717) is 5.13 Å². The Hall–Kier alpha value is -1.00. The van der Waals surface area contributed by atoms with E-state index in [1.165, 1.54) is 20.9 Å². The third kappa shape index (κ3) is 2.82. The number of nitrogens with two attached hydrogens (primary N) is 1. The van der Waals surface area contributed by atoms with Crippen molar-refractivity contribution in [1.82, 2.24) is 4.98 Å². The molecule has 0 bridgehead atoms. The van der Waals surface area contributed by atoms with Crippen LogP contribution in [0, 0.1) is 20.8 Å². The molecule has 0 atom stereocenters. The zero-order valence-electron chi connectivity index (χ0n) is 10.3. The van der Waals surface area contributed by atoms with E-state index in [9.17, 15) is 0 Å². The maximum atomic E-state index is 5.70. The molecule has 1 aromatic heterocycles. The molecular formula is C13H16N2S2. The van der Waals surface area contributed by atoms with Crippen molar-refractivity contribution in [2.45, 2.75) is 30.7 Å². The van der Waals surface area contributed by atoms with Gasteiger partial charge in [0.2, 0.25) is 0 Å². The average molecular weight is 264 g/mol. The molecule has 90 valence electrons. The first-order valence-electron chi connectivity index (χ1n) is 5.48. The normalized spacial score (nSPS) is 10.8. The molecule has 0 amide bonds. The summed E-state index contributed by atoms with van der Waals surface area (Å²) in [6, 6.07) is 6.43. The van der Waals surface area contributed by atoms with Gasteiger partial charge in [0.15, 0.2) is 5.13 Å². The SMILES string of the molecule is Cc1cccc(C)c1CSc1sc(N)nc1C. The molecule has 0 saturated heterocycles. The van der Waals surface area contributed by atoms with Crippen molar-refractivity contribution in [3.05, 3.63) is 40.6 Å². The average Bonchev–Trinajstić information content (AvgIpc) is 2.57. The van der Waals surface area contributed by atoms with Gasteiger partial charge in [0.25, 0.3) is 0 Å². The Morgan fingerprint density at radius 1 is 1.24 bits per heavy atom. The van der Waals surface area contributed by atoms with Gasteiger partial charge in [-0.1, -0.05) is 29.5 Å². The van der Waals surface area contributed by atoms with Crippen molar-refractivity contribution in [2.24, 2.45) is 0 Å². The van der Waals surface area contributed by atoms with E-state index in [4.69, 9.17) is 5.73 Å². The summed E-state index contributed by atoms with van der Waals surface area (Å²) in [5, 5.41) is 0.659. The lowest BCUT2D eigenvalue weighted by Crippen LogP contribution is -1.90. The van der Waals surface area contributed by atoms with E-state index in [2.05, 4.69) is 37.0 Å². The maximum absolute atomic E-state index is 5.70. The molecule has 0 unspecified atom stereocenters. The molecule has 17 heavy (non-hydrogen) atoms. The van der Waals surface area contributed by atoms with Crippen LogP contribution in [0.5, 0.6) is 0 Å². The minimum atomic E-state index is 0.659. The summed E-state index contributed by atoms with van der Waals surface area (Å²) in [4.78, 5) is 4.24. The first kappa shape index (κ1) is 12.5. The summed E-state index contributed by atoms with van der Waals surface area (Å²) in [6.07, 6.45) is 0. The van der Waals surface area contributed by atoms with Crippen LogP contribution in [-0.4, -0.2) is 4.98 Å². The molecule has 1 heterocycles. The Morgan fingerprint density at radius 3 is 2.41 bits per heavy atom. The van der Waals surface area contributed by atoms with Crippen LogP contribution in [0.25, 0.3) is 0 Å². The van der Waals surface area contributed by atoms with Crippen LogP contribution in [-0.2, 0) is 5.75 Å². The fourth-order valence-electron chi connectivity index (χ4n) is 1.75. The Labute approximate surface area is 110 Å². The van der Waals surface area contributed by atoms with E-state index < -0.39 is 0 Å². The van der Waals surface area contributed by atoms with Gasteiger partial charge in [-0.05, 0) is 37.5 Å². The number of hydrogen-bond acceptors (Lipinski definition) is 4. The van der Waals surface area contributed by atoms with Gasteiger partial charge in [0.05, 0.1) is 9.90 Å². The Morgan fingerprint density at radius 2 is 1.88 bits per heavy atom. The molecule has 0 aliphatic heterocycles. The standard InChI is InChI=1S/C13H16N2S2/c1-8-5-4-6-9(2)11(8)7-16-12-10(3)15-13(14)17-12/h4-6H,7H2,1-3H3,(H2,14,15). The highest BCUT2D eigenvalue weighted by atomic mass is 32.2. The first-order chi connectivity index (χ1) is 8.08. The molecule has 2 rings (SSSR count). The third-order valence-corrected chi connectivity index (χ3v) is 5.14. The number of thiazole rings is 1. The number of nitrogen functional groups attached to an aromatic ring is 1. The summed E-state index contributed by atoms with van der Waals surface area (Å²) in [5.74, 6) is 0.987. The highest BCUT2D eigenvalue weighted by Crippen LogP contribution is 2.33. The molecule has 2 N–H and O–H groups in total. The molecular weight excluding hydrogens is 248 g/mol. The fourth-order valence-corrected chi connectivity index (χ4v) is 3.97. The maximum Gasteiger partial charge on any atom is 0.181 e. The minimum absolute atomic E-state index is 0.659. The number of anilines is 1. The van der Waals surface area contributed by atoms with Gasteiger partial charge in [0.1, 0.15) is 0 Å². The number of rotatable bonds is 3.